The van der Waals surface area contributed by atoms with Crippen molar-refractivity contribution in [1.82, 2.24) is 19.5 Å². The molecule has 0 radical (unpaired) electrons. The van der Waals surface area contributed by atoms with E-state index in [1.54, 1.807) is 0 Å². The van der Waals surface area contributed by atoms with Crippen LogP contribution in [0.5, 0.6) is 0 Å². The molecule has 0 aliphatic carbocycles. The van der Waals surface area contributed by atoms with Crippen molar-refractivity contribution in [3.05, 3.63) is 12.7 Å². The maximum Gasteiger partial charge on any atom is 0.470 e. The van der Waals surface area contributed by atoms with E-state index in [1.807, 2.05) is 0 Å². The number of hydrogen-bond donors (Lipinski definition) is 5. The fraction of sp³-hybridized carbons (Fsp3) is 0.808. The van der Waals surface area contributed by atoms with Crippen molar-refractivity contribution in [2.45, 2.75) is 127 Å². The van der Waals surface area contributed by atoms with E-state index in [-0.39, 0.29) is 5.82 Å². The first-order chi connectivity index (χ1) is 18.7. The summed E-state index contributed by atoms with van der Waals surface area (Å²) in [5.41, 5.74) is 5.05. The zero-order valence-corrected chi connectivity index (χ0v) is 23.9. The van der Waals surface area contributed by atoms with Crippen molar-refractivity contribution in [2.75, 3.05) is 12.3 Å². The van der Waals surface area contributed by atoms with Crippen LogP contribution in [0.25, 0.3) is 11.2 Å². The molecule has 1 fully saturated rings. The molecule has 39 heavy (non-hydrogen) atoms. The van der Waals surface area contributed by atoms with Crippen LogP contribution in [0.15, 0.2) is 12.7 Å². The number of phosphoric acid groups is 1. The van der Waals surface area contributed by atoms with Gasteiger partial charge in [-0.1, -0.05) is 90.4 Å². The van der Waals surface area contributed by atoms with E-state index in [0.717, 1.165) is 19.3 Å². The summed E-state index contributed by atoms with van der Waals surface area (Å²) >= 11 is 0. The summed E-state index contributed by atoms with van der Waals surface area (Å²) < 4.78 is 24.1. The first-order valence-corrected chi connectivity index (χ1v) is 15.9. The lowest BCUT2D eigenvalue weighted by Crippen LogP contribution is -2.46. The van der Waals surface area contributed by atoms with E-state index >= 15 is 0 Å². The Balaban J connectivity index is 1.56. The number of imidazole rings is 1. The van der Waals surface area contributed by atoms with Gasteiger partial charge in [-0.05, 0) is 12.8 Å². The Bertz CT molecular complexity index is 1050. The number of nitrogens with zero attached hydrogens (tertiary/aromatic N) is 4. The standard InChI is InChI=1S/C26H46N5O7P/c1-2-3-4-5-6-7-8-9-10-11-12-13-14-15-16-26(31-19-30-21-24(27)28-18-29-25(21)31)23(33)22(20(17-32)37-26)38-39(34,35)36/h18-20,22-23,32-33H,2-17H2,1H3,(H2,27,28,29)(H2,34,35,36)/t20-,22-,23-,26-/m1/s1. The highest BCUT2D eigenvalue weighted by Crippen LogP contribution is 2.48. The van der Waals surface area contributed by atoms with Gasteiger partial charge in [0.05, 0.1) is 12.9 Å². The average molecular weight is 572 g/mol. The monoisotopic (exact) mass is 571 g/mol. The molecule has 0 saturated carbocycles. The van der Waals surface area contributed by atoms with Crippen LogP contribution in [0.1, 0.15) is 103 Å². The third-order valence-corrected chi connectivity index (χ3v) is 8.11. The first-order valence-electron chi connectivity index (χ1n) is 14.4. The second-order valence-electron chi connectivity index (χ2n) is 10.6. The highest BCUT2D eigenvalue weighted by Gasteiger charge is 2.58. The number of anilines is 1. The topological polar surface area (TPSA) is 186 Å². The summed E-state index contributed by atoms with van der Waals surface area (Å²) in [5.74, 6) is 0.152. The van der Waals surface area contributed by atoms with Gasteiger partial charge in [0.25, 0.3) is 0 Å². The molecule has 12 nitrogen and oxygen atoms in total. The largest absolute Gasteiger partial charge is 0.470 e. The fourth-order valence-corrected chi connectivity index (χ4v) is 6.08. The molecule has 1 saturated heterocycles. The van der Waals surface area contributed by atoms with Crippen LogP contribution in [0.2, 0.25) is 0 Å². The Morgan fingerprint density at radius 1 is 0.974 bits per heavy atom. The summed E-state index contributed by atoms with van der Waals surface area (Å²) in [7, 11) is -4.98. The van der Waals surface area contributed by atoms with Gasteiger partial charge in [-0.3, -0.25) is 9.09 Å². The van der Waals surface area contributed by atoms with Crippen LogP contribution < -0.4 is 5.73 Å². The summed E-state index contributed by atoms with van der Waals surface area (Å²) in [6, 6.07) is 0. The molecule has 222 valence electrons. The van der Waals surface area contributed by atoms with Gasteiger partial charge in [0.1, 0.15) is 30.2 Å². The van der Waals surface area contributed by atoms with Crippen molar-refractivity contribution in [1.29, 1.82) is 0 Å². The van der Waals surface area contributed by atoms with Crippen molar-refractivity contribution in [3.8, 4) is 0 Å². The van der Waals surface area contributed by atoms with Crippen LogP contribution in [-0.4, -0.2) is 64.4 Å². The fourth-order valence-electron chi connectivity index (χ4n) is 5.51. The van der Waals surface area contributed by atoms with E-state index < -0.39 is 38.5 Å². The maximum absolute atomic E-state index is 11.6. The number of aliphatic hydroxyl groups is 2. The summed E-state index contributed by atoms with van der Waals surface area (Å²) in [4.78, 5) is 31.3. The predicted molar refractivity (Wildman–Crippen MR) is 148 cm³/mol. The molecule has 3 rings (SSSR count). The highest BCUT2D eigenvalue weighted by molar-refractivity contribution is 7.46. The van der Waals surface area contributed by atoms with E-state index in [4.69, 9.17) is 15.0 Å². The van der Waals surface area contributed by atoms with Gasteiger partial charge in [-0.2, -0.15) is 0 Å². The molecule has 1 aliphatic heterocycles. The molecular formula is C26H46N5O7P. The molecule has 2 aromatic rings. The SMILES string of the molecule is CCCCCCCCCCCCCCCC[C@@]1(n2cnc3c(N)ncnc32)O[C@H](CO)[C@@H](OP(=O)(O)O)[C@H]1O. The number of unbranched alkanes of at least 4 members (excludes halogenated alkanes) is 13. The van der Waals surface area contributed by atoms with Crippen LogP contribution in [0, 0.1) is 0 Å². The zero-order chi connectivity index (χ0) is 28.3. The first kappa shape index (κ1) is 31.9. The van der Waals surface area contributed by atoms with Gasteiger partial charge < -0.3 is 30.5 Å². The van der Waals surface area contributed by atoms with Gasteiger partial charge in [0, 0.05) is 0 Å². The number of rotatable bonds is 19. The maximum atomic E-state index is 11.6. The second-order valence-corrected chi connectivity index (χ2v) is 11.8. The number of nitrogens with two attached hydrogens (primary N) is 1. The molecule has 1 aliphatic rings. The Morgan fingerprint density at radius 3 is 2.08 bits per heavy atom. The van der Waals surface area contributed by atoms with Crippen LogP contribution in [-0.2, 0) is 19.6 Å². The van der Waals surface area contributed by atoms with Crippen LogP contribution in [0.3, 0.4) is 0 Å². The highest BCUT2D eigenvalue weighted by atomic mass is 31.2. The van der Waals surface area contributed by atoms with E-state index in [9.17, 15) is 24.6 Å². The molecule has 4 atom stereocenters. The molecule has 3 heterocycles. The molecule has 0 aromatic carbocycles. The Labute approximate surface area is 230 Å². The molecule has 0 bridgehead atoms. The van der Waals surface area contributed by atoms with Crippen molar-refractivity contribution in [3.63, 3.8) is 0 Å². The van der Waals surface area contributed by atoms with Gasteiger partial charge in [-0.25, -0.2) is 19.5 Å². The van der Waals surface area contributed by atoms with E-state index in [0.29, 0.717) is 24.0 Å². The lowest BCUT2D eigenvalue weighted by Gasteiger charge is -2.34. The molecule has 6 N–H and O–H groups in total. The quantitative estimate of drug-likeness (QED) is 0.120. The van der Waals surface area contributed by atoms with Crippen molar-refractivity contribution in [2.24, 2.45) is 0 Å². The predicted octanol–water partition coefficient (Wildman–Crippen LogP) is 4.16. The number of hydrogen-bond acceptors (Lipinski definition) is 9. The molecular weight excluding hydrogens is 525 g/mol. The lowest BCUT2D eigenvalue weighted by molar-refractivity contribution is -0.151. The number of phosphoric ester groups is 1. The number of ether oxygens (including phenoxy) is 1. The minimum atomic E-state index is -4.98. The molecule has 0 amide bonds. The van der Waals surface area contributed by atoms with Gasteiger partial charge in [-0.15, -0.1) is 0 Å². The molecule has 13 heteroatoms. The van der Waals surface area contributed by atoms with Gasteiger partial charge >= 0.3 is 7.82 Å². The van der Waals surface area contributed by atoms with E-state index in [1.165, 1.54) is 81.4 Å². The molecule has 0 unspecified atom stereocenters. The zero-order valence-electron chi connectivity index (χ0n) is 23.0. The summed E-state index contributed by atoms with van der Waals surface area (Å²) in [6.07, 6.45) is 15.5. The van der Waals surface area contributed by atoms with Gasteiger partial charge in [0.15, 0.2) is 17.2 Å². The summed E-state index contributed by atoms with van der Waals surface area (Å²) in [5, 5.41) is 21.2. The molecule has 2 aromatic heterocycles. The van der Waals surface area contributed by atoms with E-state index in [2.05, 4.69) is 21.9 Å². The Hall–Kier alpha value is -1.66. The van der Waals surface area contributed by atoms with Crippen LogP contribution in [0.4, 0.5) is 5.82 Å². The Morgan fingerprint density at radius 2 is 1.54 bits per heavy atom. The molecule has 0 spiro atoms. The number of aliphatic hydroxyl groups excluding tert-OH is 2. The third kappa shape index (κ3) is 8.66. The number of nitrogen functional groups attached to an aromatic ring is 1. The van der Waals surface area contributed by atoms with Crippen LogP contribution >= 0.6 is 7.82 Å². The number of aromatic nitrogens is 4. The lowest BCUT2D eigenvalue weighted by atomic mass is 9.95. The smallest absolute Gasteiger partial charge is 0.394 e. The Kier molecular flexibility index (Phi) is 12.6. The second kappa shape index (κ2) is 15.4. The third-order valence-electron chi connectivity index (χ3n) is 7.59. The summed E-state index contributed by atoms with van der Waals surface area (Å²) in [6.45, 7) is 1.64. The van der Waals surface area contributed by atoms with Gasteiger partial charge in [0.2, 0.25) is 0 Å². The minimum absolute atomic E-state index is 0.152. The minimum Gasteiger partial charge on any atom is -0.394 e. The van der Waals surface area contributed by atoms with Crippen molar-refractivity contribution >= 4 is 24.8 Å². The van der Waals surface area contributed by atoms with Crippen molar-refractivity contribution < 1.29 is 33.8 Å². The average Bonchev–Trinajstić information content (AvgIpc) is 3.44. The normalized spacial score (nSPS) is 23.7. The number of fused-ring (bicyclic) bond motifs is 1.